The second-order valence-corrected chi connectivity index (χ2v) is 6.70. The van der Waals surface area contributed by atoms with Crippen molar-refractivity contribution >= 4 is 22.4 Å². The van der Waals surface area contributed by atoms with Crippen molar-refractivity contribution in [2.75, 3.05) is 12.8 Å². The summed E-state index contributed by atoms with van der Waals surface area (Å²) in [6, 6.07) is 8.72. The van der Waals surface area contributed by atoms with E-state index in [2.05, 4.69) is 4.98 Å². The molecule has 5 heteroatoms. The molecule has 0 aliphatic heterocycles. The Morgan fingerprint density at radius 1 is 1.21 bits per heavy atom. The number of hydrogen-bond acceptors (Lipinski definition) is 4. The second kappa shape index (κ2) is 4.54. The number of hydrogen-bond donors (Lipinski definition) is 3. The highest BCUT2D eigenvalue weighted by molar-refractivity contribution is 6.20. The maximum Gasteiger partial charge on any atom is 0.195 e. The van der Waals surface area contributed by atoms with E-state index in [0.29, 0.717) is 22.6 Å². The van der Waals surface area contributed by atoms with Gasteiger partial charge in [0.1, 0.15) is 0 Å². The van der Waals surface area contributed by atoms with Crippen LogP contribution in [0.1, 0.15) is 41.0 Å². The lowest BCUT2D eigenvalue weighted by Gasteiger charge is -2.32. The summed E-state index contributed by atoms with van der Waals surface area (Å²) in [5.41, 5.74) is 9.75. The van der Waals surface area contributed by atoms with E-state index in [1.54, 1.807) is 12.1 Å². The number of nitrogens with two attached hydrogens (primary N) is 1. The van der Waals surface area contributed by atoms with Gasteiger partial charge >= 0.3 is 0 Å². The number of ketones is 1. The first-order valence-electron chi connectivity index (χ1n) is 7.72. The number of aromatic nitrogens is 1. The van der Waals surface area contributed by atoms with Crippen LogP contribution in [0, 0.1) is 0 Å². The summed E-state index contributed by atoms with van der Waals surface area (Å²) in [6.07, 6.45) is 0. The van der Waals surface area contributed by atoms with Crippen LogP contribution in [0.5, 0.6) is 11.5 Å². The maximum atomic E-state index is 13.1. The zero-order valence-corrected chi connectivity index (χ0v) is 13.7. The average molecular weight is 322 g/mol. The summed E-state index contributed by atoms with van der Waals surface area (Å²) in [6.45, 7) is 4.10. The molecule has 0 saturated carbocycles. The molecule has 122 valence electrons. The van der Waals surface area contributed by atoms with E-state index < -0.39 is 5.41 Å². The number of benzene rings is 2. The van der Waals surface area contributed by atoms with E-state index in [4.69, 9.17) is 10.5 Å². The van der Waals surface area contributed by atoms with Gasteiger partial charge < -0.3 is 20.6 Å². The van der Waals surface area contributed by atoms with E-state index in [0.717, 1.165) is 22.2 Å². The van der Waals surface area contributed by atoms with Gasteiger partial charge in [-0.2, -0.15) is 0 Å². The zero-order chi connectivity index (χ0) is 17.2. The Hall–Kier alpha value is -2.95. The minimum Gasteiger partial charge on any atom is -0.504 e. The summed E-state index contributed by atoms with van der Waals surface area (Å²) in [5, 5.41) is 10.9. The van der Waals surface area contributed by atoms with Crippen LogP contribution in [0.3, 0.4) is 0 Å². The van der Waals surface area contributed by atoms with E-state index in [1.807, 2.05) is 26.0 Å². The first kappa shape index (κ1) is 14.6. The van der Waals surface area contributed by atoms with Crippen molar-refractivity contribution in [1.29, 1.82) is 0 Å². The number of aromatic hydroxyl groups is 1. The minimum atomic E-state index is -0.437. The summed E-state index contributed by atoms with van der Waals surface area (Å²) >= 11 is 0. The van der Waals surface area contributed by atoms with Crippen LogP contribution in [0.4, 0.5) is 5.69 Å². The molecule has 24 heavy (non-hydrogen) atoms. The predicted octanol–water partition coefficient (Wildman–Crippen LogP) is 3.33. The number of fused-ring (bicyclic) bond motifs is 4. The van der Waals surface area contributed by atoms with Crippen LogP contribution in [0.15, 0.2) is 30.3 Å². The van der Waals surface area contributed by atoms with Gasteiger partial charge in [0.2, 0.25) is 0 Å². The van der Waals surface area contributed by atoms with Gasteiger partial charge in [-0.15, -0.1) is 0 Å². The van der Waals surface area contributed by atoms with Gasteiger partial charge in [0, 0.05) is 33.3 Å². The zero-order valence-electron chi connectivity index (χ0n) is 13.7. The Morgan fingerprint density at radius 3 is 2.67 bits per heavy atom. The van der Waals surface area contributed by atoms with Crippen molar-refractivity contribution in [3.05, 3.63) is 52.7 Å². The summed E-state index contributed by atoms with van der Waals surface area (Å²) in [7, 11) is 1.50. The molecule has 1 aliphatic carbocycles. The molecule has 3 aromatic rings. The van der Waals surface area contributed by atoms with Crippen molar-refractivity contribution in [3.63, 3.8) is 0 Å². The lowest BCUT2D eigenvalue weighted by Crippen LogP contribution is -2.30. The van der Waals surface area contributed by atoms with Crippen LogP contribution < -0.4 is 10.5 Å². The topological polar surface area (TPSA) is 88.3 Å². The van der Waals surface area contributed by atoms with E-state index in [9.17, 15) is 9.90 Å². The van der Waals surface area contributed by atoms with Gasteiger partial charge in [-0.3, -0.25) is 4.79 Å². The molecule has 4 rings (SSSR count). The normalized spacial score (nSPS) is 15.2. The molecule has 0 bridgehead atoms. The molecular weight excluding hydrogens is 304 g/mol. The number of ether oxygens (including phenoxy) is 1. The van der Waals surface area contributed by atoms with Gasteiger partial charge in [0.25, 0.3) is 0 Å². The van der Waals surface area contributed by atoms with Gasteiger partial charge in [-0.05, 0) is 29.8 Å². The number of anilines is 1. The molecule has 1 heterocycles. The lowest BCUT2D eigenvalue weighted by atomic mass is 9.71. The molecule has 0 saturated heterocycles. The Labute approximate surface area is 139 Å². The molecule has 0 amide bonds. The quantitative estimate of drug-likeness (QED) is 0.600. The number of carbonyl (C=O) groups excluding carboxylic acids is 1. The molecule has 0 spiro atoms. The molecule has 5 nitrogen and oxygen atoms in total. The molecule has 1 aliphatic rings. The fraction of sp³-hybridized carbons (Fsp3) is 0.211. The van der Waals surface area contributed by atoms with Crippen molar-refractivity contribution in [1.82, 2.24) is 4.98 Å². The van der Waals surface area contributed by atoms with Crippen LogP contribution >= 0.6 is 0 Å². The number of methoxy groups -OCH3 is 1. The second-order valence-electron chi connectivity index (χ2n) is 6.70. The average Bonchev–Trinajstić information content (AvgIpc) is 2.92. The molecule has 0 atom stereocenters. The number of phenols is 1. The molecular formula is C19H18N2O3. The fourth-order valence-electron chi connectivity index (χ4n) is 3.63. The van der Waals surface area contributed by atoms with Crippen LogP contribution in [0.25, 0.3) is 10.9 Å². The summed E-state index contributed by atoms with van der Waals surface area (Å²) in [4.78, 5) is 16.5. The number of aromatic amines is 1. The summed E-state index contributed by atoms with van der Waals surface area (Å²) in [5.74, 6) is 0.222. The third-order valence-corrected chi connectivity index (χ3v) is 4.91. The Kier molecular flexibility index (Phi) is 2.77. The maximum absolute atomic E-state index is 13.1. The molecule has 2 aromatic carbocycles. The molecule has 1 aromatic heterocycles. The number of nitrogen functional groups attached to an aromatic ring is 1. The van der Waals surface area contributed by atoms with Crippen LogP contribution in [-0.4, -0.2) is 23.0 Å². The monoisotopic (exact) mass is 322 g/mol. The van der Waals surface area contributed by atoms with Gasteiger partial charge in [0.15, 0.2) is 17.3 Å². The standard InChI is InChI=1S/C19H18N2O3/c1-19(2)12-8-15(24-3)14(22)7-11(12)17(23)16-10-5-4-9(20)6-13(10)21-18(16)19/h4-8,21-22H,20H2,1-3H3. The van der Waals surface area contributed by atoms with Crippen molar-refractivity contribution in [2.24, 2.45) is 0 Å². The van der Waals surface area contributed by atoms with Gasteiger partial charge in [0.05, 0.1) is 12.7 Å². The molecule has 0 unspecified atom stereocenters. The lowest BCUT2D eigenvalue weighted by molar-refractivity contribution is 0.103. The molecule has 0 fully saturated rings. The minimum absolute atomic E-state index is 0.0343. The number of carbonyl (C=O) groups is 1. The smallest absolute Gasteiger partial charge is 0.195 e. The number of phenolic OH excluding ortho intramolecular Hbond substituents is 1. The Morgan fingerprint density at radius 2 is 1.96 bits per heavy atom. The molecule has 0 radical (unpaired) electrons. The first-order chi connectivity index (χ1) is 11.3. The number of nitrogens with one attached hydrogen (secondary N) is 1. The predicted molar refractivity (Wildman–Crippen MR) is 92.9 cm³/mol. The largest absolute Gasteiger partial charge is 0.504 e. The molecule has 4 N–H and O–H groups in total. The Bertz CT molecular complexity index is 1020. The third kappa shape index (κ3) is 1.72. The van der Waals surface area contributed by atoms with E-state index in [1.165, 1.54) is 13.2 Å². The third-order valence-electron chi connectivity index (χ3n) is 4.91. The van der Waals surface area contributed by atoms with Crippen LogP contribution in [-0.2, 0) is 5.41 Å². The summed E-state index contributed by atoms with van der Waals surface area (Å²) < 4.78 is 5.21. The van der Waals surface area contributed by atoms with E-state index in [-0.39, 0.29) is 11.5 Å². The van der Waals surface area contributed by atoms with Gasteiger partial charge in [-0.25, -0.2) is 0 Å². The fourth-order valence-corrected chi connectivity index (χ4v) is 3.63. The number of H-pyrrole nitrogens is 1. The highest BCUT2D eigenvalue weighted by Crippen LogP contribution is 2.46. The number of rotatable bonds is 1. The van der Waals surface area contributed by atoms with Crippen molar-refractivity contribution in [3.8, 4) is 11.5 Å². The highest BCUT2D eigenvalue weighted by atomic mass is 16.5. The Balaban J connectivity index is 2.08. The van der Waals surface area contributed by atoms with E-state index >= 15 is 0 Å². The van der Waals surface area contributed by atoms with Crippen molar-refractivity contribution < 1.29 is 14.6 Å². The van der Waals surface area contributed by atoms with Crippen LogP contribution in [0.2, 0.25) is 0 Å². The first-order valence-corrected chi connectivity index (χ1v) is 7.72. The van der Waals surface area contributed by atoms with Gasteiger partial charge in [-0.1, -0.05) is 19.9 Å². The van der Waals surface area contributed by atoms with Crippen molar-refractivity contribution in [2.45, 2.75) is 19.3 Å². The SMILES string of the molecule is COc1cc2c(cc1O)C(=O)c1c([nH]c3cc(N)ccc13)C2(C)C. The highest BCUT2D eigenvalue weighted by Gasteiger charge is 2.40.